The summed E-state index contributed by atoms with van der Waals surface area (Å²) in [6.07, 6.45) is 1.66. The van der Waals surface area contributed by atoms with Gasteiger partial charge in [0, 0.05) is 22.9 Å². The first-order chi connectivity index (χ1) is 11.7. The van der Waals surface area contributed by atoms with Crippen molar-refractivity contribution in [1.82, 2.24) is 15.2 Å². The molecule has 2 aromatic carbocycles. The molecule has 1 N–H and O–H groups in total. The summed E-state index contributed by atoms with van der Waals surface area (Å²) in [7, 11) is 0. The van der Waals surface area contributed by atoms with Crippen LogP contribution in [0, 0.1) is 6.92 Å². The second kappa shape index (κ2) is 7.27. The summed E-state index contributed by atoms with van der Waals surface area (Å²) >= 11 is 6.01. The van der Waals surface area contributed by atoms with E-state index in [0.29, 0.717) is 11.0 Å². The van der Waals surface area contributed by atoms with Crippen molar-refractivity contribution in [1.29, 1.82) is 0 Å². The van der Waals surface area contributed by atoms with Crippen LogP contribution in [-0.2, 0) is 0 Å². The number of benzene rings is 2. The van der Waals surface area contributed by atoms with E-state index in [1.54, 1.807) is 6.20 Å². The van der Waals surface area contributed by atoms with Crippen LogP contribution < -0.4 is 10.2 Å². The third-order valence-electron chi connectivity index (χ3n) is 3.53. The van der Waals surface area contributed by atoms with Crippen LogP contribution in [0.25, 0.3) is 0 Å². The van der Waals surface area contributed by atoms with Gasteiger partial charge >= 0.3 is 0 Å². The Kier molecular flexibility index (Phi) is 4.91. The molecule has 24 heavy (non-hydrogen) atoms. The van der Waals surface area contributed by atoms with Crippen LogP contribution in [0.3, 0.4) is 0 Å². The third-order valence-corrected chi connectivity index (χ3v) is 3.77. The molecule has 0 atom stereocenters. The standard InChI is InChI=1S/C18H18ClN5/c1-3-24(16-9-4-6-13(2)10-16)17-12-20-23-18(22-17)21-15-8-5-7-14(19)11-15/h4-12H,3H2,1-2H3,(H,21,22,23). The van der Waals surface area contributed by atoms with Gasteiger partial charge in [0.25, 0.3) is 0 Å². The smallest absolute Gasteiger partial charge is 0.249 e. The van der Waals surface area contributed by atoms with Gasteiger partial charge in [0.1, 0.15) is 0 Å². The largest absolute Gasteiger partial charge is 0.325 e. The van der Waals surface area contributed by atoms with Gasteiger partial charge in [-0.25, -0.2) is 0 Å². The molecule has 3 aromatic rings. The fourth-order valence-electron chi connectivity index (χ4n) is 2.45. The Morgan fingerprint density at radius 1 is 1.12 bits per heavy atom. The van der Waals surface area contributed by atoms with Crippen LogP contribution in [0.15, 0.2) is 54.7 Å². The normalized spacial score (nSPS) is 10.5. The summed E-state index contributed by atoms with van der Waals surface area (Å²) in [4.78, 5) is 6.66. The molecular weight excluding hydrogens is 322 g/mol. The Morgan fingerprint density at radius 2 is 1.96 bits per heavy atom. The van der Waals surface area contributed by atoms with Crippen LogP contribution in [-0.4, -0.2) is 21.7 Å². The molecule has 3 rings (SSSR count). The average Bonchev–Trinajstić information content (AvgIpc) is 2.56. The van der Waals surface area contributed by atoms with Crippen LogP contribution in [0.1, 0.15) is 12.5 Å². The van der Waals surface area contributed by atoms with Gasteiger partial charge < -0.3 is 10.2 Å². The average molecular weight is 340 g/mol. The zero-order chi connectivity index (χ0) is 16.9. The lowest BCUT2D eigenvalue weighted by Crippen LogP contribution is -2.18. The van der Waals surface area contributed by atoms with Gasteiger partial charge in [0.15, 0.2) is 5.82 Å². The highest BCUT2D eigenvalue weighted by Gasteiger charge is 2.11. The van der Waals surface area contributed by atoms with E-state index in [1.807, 2.05) is 30.3 Å². The molecule has 0 unspecified atom stereocenters. The second-order valence-corrected chi connectivity index (χ2v) is 5.79. The Balaban J connectivity index is 1.88. The fraction of sp³-hybridized carbons (Fsp3) is 0.167. The van der Waals surface area contributed by atoms with E-state index < -0.39 is 0 Å². The number of nitrogens with zero attached hydrogens (tertiary/aromatic N) is 4. The molecule has 0 aliphatic heterocycles. The zero-order valence-electron chi connectivity index (χ0n) is 13.6. The maximum absolute atomic E-state index is 6.01. The lowest BCUT2D eigenvalue weighted by Gasteiger charge is -2.22. The van der Waals surface area contributed by atoms with Gasteiger partial charge in [-0.3, -0.25) is 0 Å². The number of aryl methyl sites for hydroxylation is 1. The van der Waals surface area contributed by atoms with Gasteiger partial charge in [-0.05, 0) is 49.7 Å². The maximum atomic E-state index is 6.01. The number of halogens is 1. The molecule has 122 valence electrons. The third kappa shape index (κ3) is 3.81. The van der Waals surface area contributed by atoms with Crippen molar-refractivity contribution in [3.8, 4) is 0 Å². The number of aromatic nitrogens is 3. The van der Waals surface area contributed by atoms with Gasteiger partial charge in [0.05, 0.1) is 6.20 Å². The highest BCUT2D eigenvalue weighted by atomic mass is 35.5. The lowest BCUT2D eigenvalue weighted by molar-refractivity contribution is 0.921. The number of hydrogen-bond donors (Lipinski definition) is 1. The highest BCUT2D eigenvalue weighted by Crippen LogP contribution is 2.25. The zero-order valence-corrected chi connectivity index (χ0v) is 14.3. The predicted octanol–water partition coefficient (Wildman–Crippen LogP) is 4.74. The molecule has 0 radical (unpaired) electrons. The van der Waals surface area contributed by atoms with Crippen molar-refractivity contribution in [2.24, 2.45) is 0 Å². The number of rotatable bonds is 5. The summed E-state index contributed by atoms with van der Waals surface area (Å²) in [5.74, 6) is 1.17. The molecule has 1 aromatic heterocycles. The lowest BCUT2D eigenvalue weighted by atomic mass is 10.2. The molecule has 0 aliphatic carbocycles. The molecule has 0 bridgehead atoms. The van der Waals surface area contributed by atoms with Crippen LogP contribution >= 0.6 is 11.6 Å². The quantitative estimate of drug-likeness (QED) is 0.728. The number of hydrogen-bond acceptors (Lipinski definition) is 5. The van der Waals surface area contributed by atoms with E-state index in [2.05, 4.69) is 57.4 Å². The van der Waals surface area contributed by atoms with Crippen LogP contribution in [0.2, 0.25) is 5.02 Å². The second-order valence-electron chi connectivity index (χ2n) is 5.36. The van der Waals surface area contributed by atoms with E-state index in [1.165, 1.54) is 5.56 Å². The van der Waals surface area contributed by atoms with E-state index in [-0.39, 0.29) is 0 Å². The first-order valence-corrected chi connectivity index (χ1v) is 8.10. The van der Waals surface area contributed by atoms with Gasteiger partial charge in [0.2, 0.25) is 5.95 Å². The minimum Gasteiger partial charge on any atom is -0.325 e. The molecule has 0 amide bonds. The molecular formula is C18H18ClN5. The van der Waals surface area contributed by atoms with Crippen molar-refractivity contribution < 1.29 is 0 Å². The molecule has 0 spiro atoms. The topological polar surface area (TPSA) is 53.9 Å². The molecule has 0 saturated carbocycles. The molecule has 0 aliphatic rings. The van der Waals surface area contributed by atoms with Gasteiger partial charge in [-0.15, -0.1) is 5.10 Å². The fourth-order valence-corrected chi connectivity index (χ4v) is 2.64. The number of nitrogens with one attached hydrogen (secondary N) is 1. The number of anilines is 4. The SMILES string of the molecule is CCN(c1cccc(C)c1)c1cnnc(Nc2cccc(Cl)c2)n1. The van der Waals surface area contributed by atoms with Crippen molar-refractivity contribution in [3.05, 3.63) is 65.3 Å². The summed E-state index contributed by atoms with van der Waals surface area (Å²) < 4.78 is 0. The van der Waals surface area contributed by atoms with Gasteiger partial charge in [-0.1, -0.05) is 29.8 Å². The Hall–Kier alpha value is -2.66. The van der Waals surface area contributed by atoms with Gasteiger partial charge in [-0.2, -0.15) is 10.1 Å². The minimum absolute atomic E-state index is 0.431. The first-order valence-electron chi connectivity index (χ1n) is 7.72. The van der Waals surface area contributed by atoms with Crippen molar-refractivity contribution in [3.63, 3.8) is 0 Å². The Labute approximate surface area is 146 Å². The maximum Gasteiger partial charge on any atom is 0.249 e. The molecule has 0 saturated heterocycles. The summed E-state index contributed by atoms with van der Waals surface area (Å²) in [6.45, 7) is 4.93. The Bertz CT molecular complexity index is 837. The molecule has 5 nitrogen and oxygen atoms in total. The van der Waals surface area contributed by atoms with Crippen molar-refractivity contribution in [2.75, 3.05) is 16.8 Å². The van der Waals surface area contributed by atoms with Crippen molar-refractivity contribution >= 4 is 34.7 Å². The van der Waals surface area contributed by atoms with E-state index in [9.17, 15) is 0 Å². The predicted molar refractivity (Wildman–Crippen MR) is 98.4 cm³/mol. The van der Waals surface area contributed by atoms with E-state index >= 15 is 0 Å². The molecule has 6 heteroatoms. The first kappa shape index (κ1) is 16.2. The monoisotopic (exact) mass is 339 g/mol. The van der Waals surface area contributed by atoms with E-state index in [0.717, 1.165) is 23.7 Å². The minimum atomic E-state index is 0.431. The molecule has 0 fully saturated rings. The summed E-state index contributed by atoms with van der Waals surface area (Å²) in [6, 6.07) is 15.7. The summed E-state index contributed by atoms with van der Waals surface area (Å²) in [5.41, 5.74) is 3.09. The molecule has 1 heterocycles. The van der Waals surface area contributed by atoms with Crippen LogP contribution in [0.5, 0.6) is 0 Å². The van der Waals surface area contributed by atoms with E-state index in [4.69, 9.17) is 11.6 Å². The highest BCUT2D eigenvalue weighted by molar-refractivity contribution is 6.30. The summed E-state index contributed by atoms with van der Waals surface area (Å²) in [5, 5.41) is 11.9. The van der Waals surface area contributed by atoms with Crippen LogP contribution in [0.4, 0.5) is 23.1 Å². The Morgan fingerprint density at radius 3 is 2.71 bits per heavy atom. The van der Waals surface area contributed by atoms with Crippen molar-refractivity contribution in [2.45, 2.75) is 13.8 Å².